The van der Waals surface area contributed by atoms with Crippen LogP contribution in [0.2, 0.25) is 5.02 Å². The number of hydrazone groups is 1. The molecule has 148 valence electrons. The van der Waals surface area contributed by atoms with E-state index in [0.717, 1.165) is 22.6 Å². The van der Waals surface area contributed by atoms with Gasteiger partial charge in [-0.05, 0) is 56.7 Å². The zero-order chi connectivity index (χ0) is 21.0. The smallest absolute Gasteiger partial charge is 0.318 e. The van der Waals surface area contributed by atoms with Crippen molar-refractivity contribution >= 4 is 35.3 Å². The minimum absolute atomic E-state index is 0.348. The molecular formula is C22H21ClN4O2. The molecule has 2 amide bonds. The average molecular weight is 409 g/mol. The third-order valence-electron chi connectivity index (χ3n) is 4.43. The Bertz CT molecular complexity index is 1100. The summed E-state index contributed by atoms with van der Waals surface area (Å²) >= 11 is 5.97. The summed E-state index contributed by atoms with van der Waals surface area (Å²) in [5.74, 6) is -1.73. The quantitative estimate of drug-likeness (QED) is 0.386. The number of carbonyl (C=O) groups excluding carboxylic acids is 2. The van der Waals surface area contributed by atoms with Gasteiger partial charge in [0.2, 0.25) is 0 Å². The molecule has 3 rings (SSSR count). The number of nitrogens with zero attached hydrogens (tertiary/aromatic N) is 2. The van der Waals surface area contributed by atoms with E-state index in [0.29, 0.717) is 10.7 Å². The Hall–Kier alpha value is -3.38. The highest BCUT2D eigenvalue weighted by molar-refractivity contribution is 6.41. The van der Waals surface area contributed by atoms with Gasteiger partial charge in [-0.2, -0.15) is 5.10 Å². The first-order valence-electron chi connectivity index (χ1n) is 9.01. The van der Waals surface area contributed by atoms with E-state index in [1.54, 1.807) is 24.3 Å². The molecule has 0 saturated carbocycles. The second kappa shape index (κ2) is 8.75. The third kappa shape index (κ3) is 4.73. The van der Waals surface area contributed by atoms with E-state index >= 15 is 0 Å². The molecule has 2 N–H and O–H groups in total. The minimum Gasteiger partial charge on any atom is -0.318 e. The second-order valence-corrected chi connectivity index (χ2v) is 7.04. The van der Waals surface area contributed by atoms with Crippen LogP contribution in [0.5, 0.6) is 0 Å². The highest BCUT2D eigenvalue weighted by Gasteiger charge is 2.14. The van der Waals surface area contributed by atoms with E-state index in [-0.39, 0.29) is 0 Å². The van der Waals surface area contributed by atoms with Crippen LogP contribution in [0.4, 0.5) is 5.69 Å². The predicted molar refractivity (Wildman–Crippen MR) is 116 cm³/mol. The molecule has 0 bridgehead atoms. The van der Waals surface area contributed by atoms with Crippen molar-refractivity contribution in [1.29, 1.82) is 0 Å². The van der Waals surface area contributed by atoms with Gasteiger partial charge in [0.25, 0.3) is 0 Å². The molecule has 0 fully saturated rings. The van der Waals surface area contributed by atoms with Gasteiger partial charge in [-0.1, -0.05) is 35.9 Å². The summed E-state index contributed by atoms with van der Waals surface area (Å²) in [5.41, 5.74) is 7.69. The van der Waals surface area contributed by atoms with Crippen LogP contribution in [0.1, 0.15) is 22.5 Å². The fraction of sp³-hybridized carbons (Fsp3) is 0.136. The number of carbonyl (C=O) groups is 2. The Morgan fingerprint density at radius 1 is 1.00 bits per heavy atom. The van der Waals surface area contributed by atoms with Gasteiger partial charge in [-0.3, -0.25) is 9.59 Å². The van der Waals surface area contributed by atoms with Gasteiger partial charge in [0.05, 0.1) is 16.9 Å². The molecule has 7 heteroatoms. The van der Waals surface area contributed by atoms with E-state index in [4.69, 9.17) is 11.6 Å². The standard InChI is InChI=1S/C22H21ClN4O2/c1-14-7-6-8-18(11-14)27-15(2)12-17(16(27)3)13-24-26-22(29)21(28)25-20-10-5-4-9-19(20)23/h4-13H,1-3H3,(H,25,28)(H,26,29)/b24-13-. The Morgan fingerprint density at radius 2 is 1.76 bits per heavy atom. The van der Waals surface area contributed by atoms with Crippen LogP contribution >= 0.6 is 11.6 Å². The lowest BCUT2D eigenvalue weighted by atomic mass is 10.2. The Kier molecular flexibility index (Phi) is 6.14. The Morgan fingerprint density at radius 3 is 2.48 bits per heavy atom. The predicted octanol–water partition coefficient (Wildman–Crippen LogP) is 4.14. The van der Waals surface area contributed by atoms with Crippen molar-refractivity contribution in [3.63, 3.8) is 0 Å². The van der Waals surface area contributed by atoms with E-state index < -0.39 is 11.8 Å². The zero-order valence-electron chi connectivity index (χ0n) is 16.4. The molecule has 1 heterocycles. The number of amides is 2. The highest BCUT2D eigenvalue weighted by atomic mass is 35.5. The summed E-state index contributed by atoms with van der Waals surface area (Å²) in [6.45, 7) is 6.02. The van der Waals surface area contributed by atoms with Crippen LogP contribution in [0.15, 0.2) is 59.7 Å². The van der Waals surface area contributed by atoms with E-state index in [1.807, 2.05) is 45.0 Å². The molecule has 0 unspecified atom stereocenters. The molecular weight excluding hydrogens is 388 g/mol. The largest absolute Gasteiger partial charge is 0.329 e. The highest BCUT2D eigenvalue weighted by Crippen LogP contribution is 2.21. The van der Waals surface area contributed by atoms with Gasteiger partial charge in [-0.15, -0.1) is 0 Å². The van der Waals surface area contributed by atoms with Crippen molar-refractivity contribution in [3.8, 4) is 5.69 Å². The summed E-state index contributed by atoms with van der Waals surface area (Å²) < 4.78 is 2.11. The Balaban J connectivity index is 1.69. The first-order chi connectivity index (χ1) is 13.9. The molecule has 0 radical (unpaired) electrons. The minimum atomic E-state index is -0.881. The van der Waals surface area contributed by atoms with Crippen LogP contribution in [0.25, 0.3) is 5.69 Å². The lowest BCUT2D eigenvalue weighted by Gasteiger charge is -2.10. The molecule has 0 saturated heterocycles. The van der Waals surface area contributed by atoms with Gasteiger partial charge in [0, 0.05) is 22.6 Å². The third-order valence-corrected chi connectivity index (χ3v) is 4.76. The number of rotatable bonds is 4. The van der Waals surface area contributed by atoms with Crippen molar-refractivity contribution in [2.24, 2.45) is 5.10 Å². The summed E-state index contributed by atoms with van der Waals surface area (Å²) in [6, 6.07) is 16.8. The number of nitrogens with one attached hydrogen (secondary N) is 2. The molecule has 0 spiro atoms. The first-order valence-corrected chi connectivity index (χ1v) is 9.39. The molecule has 0 aliphatic carbocycles. The Labute approximate surface area is 174 Å². The number of hydrogen-bond donors (Lipinski definition) is 2. The fourth-order valence-corrected chi connectivity index (χ4v) is 3.22. The van der Waals surface area contributed by atoms with Crippen molar-refractivity contribution in [1.82, 2.24) is 9.99 Å². The van der Waals surface area contributed by atoms with Crippen LogP contribution < -0.4 is 10.7 Å². The maximum absolute atomic E-state index is 12.0. The maximum Gasteiger partial charge on any atom is 0.329 e. The first kappa shape index (κ1) is 20.4. The average Bonchev–Trinajstić information content (AvgIpc) is 2.97. The summed E-state index contributed by atoms with van der Waals surface area (Å²) in [7, 11) is 0. The van der Waals surface area contributed by atoms with E-state index in [2.05, 4.69) is 26.5 Å². The molecule has 1 aromatic heterocycles. The maximum atomic E-state index is 12.0. The summed E-state index contributed by atoms with van der Waals surface area (Å²) in [4.78, 5) is 24.0. The number of benzene rings is 2. The molecule has 0 atom stereocenters. The number of aryl methyl sites for hydroxylation is 2. The lowest BCUT2D eigenvalue weighted by molar-refractivity contribution is -0.136. The number of hydrogen-bond acceptors (Lipinski definition) is 3. The van der Waals surface area contributed by atoms with Crippen molar-refractivity contribution < 1.29 is 9.59 Å². The number of para-hydroxylation sites is 1. The second-order valence-electron chi connectivity index (χ2n) is 6.63. The molecule has 29 heavy (non-hydrogen) atoms. The normalized spacial score (nSPS) is 10.9. The zero-order valence-corrected chi connectivity index (χ0v) is 17.1. The molecule has 3 aromatic rings. The van der Waals surface area contributed by atoms with Crippen molar-refractivity contribution in [2.75, 3.05) is 5.32 Å². The number of halogens is 1. The molecule has 0 aliphatic heterocycles. The van der Waals surface area contributed by atoms with Gasteiger partial charge in [0.15, 0.2) is 0 Å². The van der Waals surface area contributed by atoms with Crippen LogP contribution in [0, 0.1) is 20.8 Å². The topological polar surface area (TPSA) is 75.5 Å². The van der Waals surface area contributed by atoms with Crippen LogP contribution in [-0.2, 0) is 9.59 Å². The summed E-state index contributed by atoms with van der Waals surface area (Å²) in [6.07, 6.45) is 1.52. The lowest BCUT2D eigenvalue weighted by Crippen LogP contribution is -2.32. The van der Waals surface area contributed by atoms with E-state index in [9.17, 15) is 9.59 Å². The van der Waals surface area contributed by atoms with Crippen LogP contribution in [0.3, 0.4) is 0 Å². The van der Waals surface area contributed by atoms with Crippen molar-refractivity contribution in [2.45, 2.75) is 20.8 Å². The van der Waals surface area contributed by atoms with E-state index in [1.165, 1.54) is 11.8 Å². The van der Waals surface area contributed by atoms with Gasteiger partial charge in [0.1, 0.15) is 0 Å². The molecule has 2 aromatic carbocycles. The van der Waals surface area contributed by atoms with Crippen LogP contribution in [-0.4, -0.2) is 22.6 Å². The molecule has 0 aliphatic rings. The number of aromatic nitrogens is 1. The molecule has 6 nitrogen and oxygen atoms in total. The summed E-state index contributed by atoms with van der Waals surface area (Å²) in [5, 5.41) is 6.72. The van der Waals surface area contributed by atoms with Gasteiger partial charge >= 0.3 is 11.8 Å². The van der Waals surface area contributed by atoms with Crippen molar-refractivity contribution in [3.05, 3.63) is 82.1 Å². The fourth-order valence-electron chi connectivity index (χ4n) is 3.04. The monoisotopic (exact) mass is 408 g/mol. The number of anilines is 1. The SMILES string of the molecule is Cc1cccc(-n2c(C)cc(/C=N\NC(=O)C(=O)Nc3ccccc3Cl)c2C)c1. The van der Waals surface area contributed by atoms with Gasteiger partial charge in [-0.25, -0.2) is 5.43 Å². The van der Waals surface area contributed by atoms with Gasteiger partial charge < -0.3 is 9.88 Å².